The number of aliphatic hydroxyl groups is 2. The molecule has 10 heteroatoms. The molecule has 0 aliphatic heterocycles. The fourth-order valence-electron chi connectivity index (χ4n) is 5.91. The number of allylic oxidation sites excluding steroid dienone is 1. The summed E-state index contributed by atoms with van der Waals surface area (Å²) < 4.78 is 7.79. The van der Waals surface area contributed by atoms with Crippen LogP contribution in [0.25, 0.3) is 16.9 Å². The zero-order chi connectivity index (χ0) is 29.4. The molecule has 0 radical (unpaired) electrons. The monoisotopic (exact) mass is 587 g/mol. The van der Waals surface area contributed by atoms with Crippen LogP contribution in [-0.4, -0.2) is 66.0 Å². The van der Waals surface area contributed by atoms with Crippen LogP contribution in [-0.2, 0) is 14.3 Å². The van der Waals surface area contributed by atoms with E-state index in [2.05, 4.69) is 9.97 Å². The number of aromatic nitrogens is 3. The van der Waals surface area contributed by atoms with Crippen molar-refractivity contribution in [1.29, 1.82) is 0 Å². The van der Waals surface area contributed by atoms with Crippen molar-refractivity contribution >= 4 is 40.2 Å². The standard InChI is InChI=1S/C32H30ClN3O6/c33-22-10-8-19(9-11-22)23-13-21(23)17-42-32(31(40)41)15-24(29(39)28(38)16-32)27(37)14-26(20-5-2-1-3-6-20)36-18-35-30-25(36)7-4-12-34-30/h1-12,14,18,21,23-24,28-29,38-39H,13,15-17H2,(H,40,41)/b26-14-. The number of imidazole rings is 1. The number of ketones is 1. The lowest BCUT2D eigenvalue weighted by atomic mass is 9.72. The summed E-state index contributed by atoms with van der Waals surface area (Å²) in [6.07, 6.45) is 1.89. The fourth-order valence-corrected chi connectivity index (χ4v) is 6.04. The number of benzene rings is 2. The molecule has 0 saturated heterocycles. The van der Waals surface area contributed by atoms with E-state index in [-0.39, 0.29) is 31.3 Å². The van der Waals surface area contributed by atoms with Crippen LogP contribution in [0.3, 0.4) is 0 Å². The maximum absolute atomic E-state index is 13.8. The van der Waals surface area contributed by atoms with Crippen LogP contribution in [0, 0.1) is 11.8 Å². The molecule has 6 rings (SSSR count). The highest BCUT2D eigenvalue weighted by Crippen LogP contribution is 2.49. The molecule has 2 aromatic carbocycles. The molecule has 9 nitrogen and oxygen atoms in total. The van der Waals surface area contributed by atoms with Crippen LogP contribution in [0.5, 0.6) is 0 Å². The van der Waals surface area contributed by atoms with E-state index >= 15 is 0 Å². The Morgan fingerprint density at radius 2 is 1.79 bits per heavy atom. The number of hydrogen-bond acceptors (Lipinski definition) is 7. The SMILES string of the molecule is O=C(/C=C(/c1ccccc1)n1cnc2ncccc21)C1CC(OCC2CC2c2ccc(Cl)cc2)(C(=O)O)CC(O)C1O. The molecule has 4 aromatic rings. The second-order valence-electron chi connectivity index (χ2n) is 11.1. The number of pyridine rings is 1. The summed E-state index contributed by atoms with van der Waals surface area (Å²) in [6.45, 7) is 0.155. The number of aliphatic carboxylic acids is 1. The molecule has 2 aromatic heterocycles. The predicted molar refractivity (Wildman–Crippen MR) is 156 cm³/mol. The van der Waals surface area contributed by atoms with Gasteiger partial charge in [-0.3, -0.25) is 9.36 Å². The van der Waals surface area contributed by atoms with Crippen LogP contribution >= 0.6 is 11.6 Å². The minimum atomic E-state index is -1.82. The summed E-state index contributed by atoms with van der Waals surface area (Å²) in [4.78, 5) is 35.1. The molecule has 0 bridgehead atoms. The maximum atomic E-state index is 13.8. The van der Waals surface area contributed by atoms with Gasteiger partial charge in [0.1, 0.15) is 6.33 Å². The van der Waals surface area contributed by atoms with Crippen molar-refractivity contribution in [1.82, 2.24) is 14.5 Å². The number of aliphatic hydroxyl groups excluding tert-OH is 2. The Morgan fingerprint density at radius 1 is 1.02 bits per heavy atom. The summed E-state index contributed by atoms with van der Waals surface area (Å²) in [7, 11) is 0. The Morgan fingerprint density at radius 3 is 2.52 bits per heavy atom. The van der Waals surface area contributed by atoms with E-state index in [1.165, 1.54) is 6.08 Å². The van der Waals surface area contributed by atoms with Crippen molar-refractivity contribution in [3.8, 4) is 0 Å². The van der Waals surface area contributed by atoms with Gasteiger partial charge in [0.15, 0.2) is 17.0 Å². The average Bonchev–Trinajstić information content (AvgIpc) is 3.66. The lowest BCUT2D eigenvalue weighted by Gasteiger charge is -2.42. The lowest BCUT2D eigenvalue weighted by Crippen LogP contribution is -2.57. The van der Waals surface area contributed by atoms with E-state index in [4.69, 9.17) is 16.3 Å². The van der Waals surface area contributed by atoms with Crippen molar-refractivity contribution in [3.05, 3.63) is 101 Å². The highest BCUT2D eigenvalue weighted by Gasteiger charge is 2.54. The van der Waals surface area contributed by atoms with Crippen LogP contribution < -0.4 is 0 Å². The third kappa shape index (κ3) is 5.48. The number of ether oxygens (including phenoxy) is 1. The summed E-state index contributed by atoms with van der Waals surface area (Å²) in [5, 5.41) is 32.6. The van der Waals surface area contributed by atoms with Gasteiger partial charge in [0, 0.05) is 23.7 Å². The first kappa shape index (κ1) is 28.2. The van der Waals surface area contributed by atoms with Crippen molar-refractivity contribution < 1.29 is 29.6 Å². The van der Waals surface area contributed by atoms with E-state index in [0.29, 0.717) is 27.4 Å². The Balaban J connectivity index is 1.27. The number of nitrogens with zero attached hydrogens (tertiary/aromatic N) is 3. The Bertz CT molecular complexity index is 1640. The quantitative estimate of drug-likeness (QED) is 0.247. The van der Waals surface area contributed by atoms with Crippen molar-refractivity contribution in [2.75, 3.05) is 6.61 Å². The maximum Gasteiger partial charge on any atom is 0.336 e. The molecule has 0 amide bonds. The first-order valence-electron chi connectivity index (χ1n) is 13.8. The minimum Gasteiger partial charge on any atom is -0.479 e. The van der Waals surface area contributed by atoms with Crippen molar-refractivity contribution in [2.24, 2.45) is 11.8 Å². The van der Waals surface area contributed by atoms with Crippen molar-refractivity contribution in [3.63, 3.8) is 0 Å². The third-order valence-electron chi connectivity index (χ3n) is 8.37. The molecule has 2 aliphatic rings. The largest absolute Gasteiger partial charge is 0.479 e. The number of rotatable bonds is 9. The molecule has 0 spiro atoms. The number of fused-ring (bicyclic) bond motifs is 1. The lowest BCUT2D eigenvalue weighted by molar-refractivity contribution is -0.192. The highest BCUT2D eigenvalue weighted by atomic mass is 35.5. The number of carbonyl (C=O) groups is 2. The number of hydrogen-bond donors (Lipinski definition) is 3. The summed E-state index contributed by atoms with van der Waals surface area (Å²) >= 11 is 6.00. The number of carboxylic acids is 1. The predicted octanol–water partition coefficient (Wildman–Crippen LogP) is 4.32. The van der Waals surface area contributed by atoms with Crippen molar-refractivity contribution in [2.45, 2.75) is 43.0 Å². The van der Waals surface area contributed by atoms with E-state index < -0.39 is 35.5 Å². The van der Waals surface area contributed by atoms with Gasteiger partial charge in [0.05, 0.1) is 35.9 Å². The van der Waals surface area contributed by atoms with Crippen LogP contribution in [0.15, 0.2) is 85.3 Å². The molecule has 216 valence electrons. The fraction of sp³-hybridized carbons (Fsp3) is 0.312. The third-order valence-corrected chi connectivity index (χ3v) is 8.63. The topological polar surface area (TPSA) is 135 Å². The highest BCUT2D eigenvalue weighted by molar-refractivity contribution is 6.30. The zero-order valence-electron chi connectivity index (χ0n) is 22.6. The number of carboxylic acid groups (broad SMARTS) is 1. The minimum absolute atomic E-state index is 0.105. The van der Waals surface area contributed by atoms with Gasteiger partial charge in [-0.05, 0) is 60.1 Å². The van der Waals surface area contributed by atoms with Gasteiger partial charge < -0.3 is 20.1 Å². The Hall–Kier alpha value is -3.89. The normalized spacial score (nSPS) is 27.6. The summed E-state index contributed by atoms with van der Waals surface area (Å²) in [5.41, 5.74) is 1.64. The van der Waals surface area contributed by atoms with Gasteiger partial charge >= 0.3 is 5.97 Å². The first-order valence-corrected chi connectivity index (χ1v) is 14.2. The number of carbonyl (C=O) groups excluding carboxylic acids is 1. The molecule has 6 unspecified atom stereocenters. The molecular weight excluding hydrogens is 558 g/mol. The van der Waals surface area contributed by atoms with Gasteiger partial charge in [-0.15, -0.1) is 0 Å². The van der Waals surface area contributed by atoms with Crippen LogP contribution in [0.2, 0.25) is 5.02 Å². The second kappa shape index (κ2) is 11.4. The molecule has 6 atom stereocenters. The van der Waals surface area contributed by atoms with E-state index in [1.807, 2.05) is 60.7 Å². The zero-order valence-corrected chi connectivity index (χ0v) is 23.3. The second-order valence-corrected chi connectivity index (χ2v) is 11.5. The molecule has 2 heterocycles. The summed E-state index contributed by atoms with van der Waals surface area (Å²) in [6, 6.07) is 20.3. The molecule has 2 saturated carbocycles. The van der Waals surface area contributed by atoms with E-state index in [0.717, 1.165) is 12.0 Å². The van der Waals surface area contributed by atoms with Gasteiger partial charge in [0.25, 0.3) is 0 Å². The van der Waals surface area contributed by atoms with Gasteiger partial charge in [-0.2, -0.15) is 0 Å². The molecule has 42 heavy (non-hydrogen) atoms. The van der Waals surface area contributed by atoms with E-state index in [1.54, 1.807) is 23.2 Å². The van der Waals surface area contributed by atoms with Crippen LogP contribution in [0.1, 0.15) is 36.3 Å². The summed E-state index contributed by atoms with van der Waals surface area (Å²) in [5.74, 6) is -2.67. The van der Waals surface area contributed by atoms with E-state index in [9.17, 15) is 24.9 Å². The molecule has 2 aliphatic carbocycles. The molecule has 2 fully saturated rings. The Kier molecular flexibility index (Phi) is 7.67. The number of halogens is 1. The van der Waals surface area contributed by atoms with Gasteiger partial charge in [-0.1, -0.05) is 54.1 Å². The van der Waals surface area contributed by atoms with Gasteiger partial charge in [0.2, 0.25) is 0 Å². The molecular formula is C32H30ClN3O6. The van der Waals surface area contributed by atoms with Crippen LogP contribution in [0.4, 0.5) is 0 Å². The smallest absolute Gasteiger partial charge is 0.336 e. The Labute approximate surface area is 247 Å². The molecule has 3 N–H and O–H groups in total. The average molecular weight is 588 g/mol. The first-order chi connectivity index (χ1) is 20.3. The van der Waals surface area contributed by atoms with Gasteiger partial charge in [-0.25, -0.2) is 14.8 Å².